The van der Waals surface area contributed by atoms with E-state index in [9.17, 15) is 26.9 Å². The average Bonchev–Trinajstić information content (AvgIpc) is 3.04. The Morgan fingerprint density at radius 2 is 1.91 bits per heavy atom. The normalized spacial score (nSPS) is 14.6. The van der Waals surface area contributed by atoms with Crippen LogP contribution in [0, 0.1) is 11.3 Å². The molecule has 0 spiro atoms. The number of alkyl halides is 3. The van der Waals surface area contributed by atoms with Gasteiger partial charge in [0.15, 0.2) is 0 Å². The van der Waals surface area contributed by atoms with Gasteiger partial charge in [-0.15, -0.1) is 0 Å². The van der Waals surface area contributed by atoms with E-state index in [2.05, 4.69) is 11.1 Å². The number of nitriles is 1. The van der Waals surface area contributed by atoms with E-state index in [0.717, 1.165) is 24.6 Å². The van der Waals surface area contributed by atoms with E-state index in [1.165, 1.54) is 24.3 Å². The number of aryl methyl sites for hydroxylation is 1. The highest BCUT2D eigenvalue weighted by atomic mass is 32.2. The number of halogens is 3. The lowest BCUT2D eigenvalue weighted by Gasteiger charge is -2.18. The number of benzene rings is 1. The van der Waals surface area contributed by atoms with Gasteiger partial charge in [0.25, 0.3) is 0 Å². The van der Waals surface area contributed by atoms with Crippen molar-refractivity contribution in [3.63, 3.8) is 0 Å². The van der Waals surface area contributed by atoms with Gasteiger partial charge in [-0.05, 0) is 49.3 Å². The summed E-state index contributed by atoms with van der Waals surface area (Å²) in [6.45, 7) is 2.72. The van der Waals surface area contributed by atoms with E-state index in [-0.39, 0.29) is 4.90 Å². The number of rotatable bonds is 6. The van der Waals surface area contributed by atoms with Crippen molar-refractivity contribution >= 4 is 26.8 Å². The highest BCUT2D eigenvalue weighted by Gasteiger charge is 2.38. The molecule has 170 valence electrons. The molecule has 0 fully saturated rings. The molecule has 0 saturated heterocycles. The third-order valence-electron chi connectivity index (χ3n) is 5.44. The Balaban J connectivity index is 1.82. The van der Waals surface area contributed by atoms with Gasteiger partial charge in [0.1, 0.15) is 17.8 Å². The number of aromatic nitrogens is 2. The van der Waals surface area contributed by atoms with Crippen molar-refractivity contribution in [1.29, 1.82) is 5.26 Å². The Labute approximate surface area is 188 Å². The van der Waals surface area contributed by atoms with Gasteiger partial charge in [0, 0.05) is 22.8 Å². The molecule has 1 atom stereocenters. The number of hydrogen-bond donors (Lipinski definition) is 1. The minimum Gasteiger partial charge on any atom is -0.293 e. The molecule has 0 radical (unpaired) electrons. The smallest absolute Gasteiger partial charge is 0.293 e. The van der Waals surface area contributed by atoms with E-state index < -0.39 is 22.2 Å². The number of fused-ring (bicyclic) bond motifs is 1. The molecule has 0 amide bonds. The maximum atomic E-state index is 12.8. The van der Waals surface area contributed by atoms with Crippen LogP contribution >= 0.6 is 0 Å². The molecular formula is C23H19F3N4O2S. The van der Waals surface area contributed by atoms with Crippen LogP contribution in [0.4, 0.5) is 13.2 Å². The highest BCUT2D eigenvalue weighted by molar-refractivity contribution is 7.89. The van der Waals surface area contributed by atoms with E-state index >= 15 is 0 Å². The van der Waals surface area contributed by atoms with Gasteiger partial charge in [0.05, 0.1) is 16.2 Å². The highest BCUT2D eigenvalue weighted by Crippen LogP contribution is 2.37. The van der Waals surface area contributed by atoms with Crippen molar-refractivity contribution in [2.45, 2.75) is 37.4 Å². The van der Waals surface area contributed by atoms with Crippen LogP contribution < -0.4 is 4.72 Å². The number of nitrogens with one attached hydrogen (secondary N) is 1. The minimum absolute atomic E-state index is 0.308. The Bertz CT molecular complexity index is 1440. The second-order valence-electron chi connectivity index (χ2n) is 7.60. The van der Waals surface area contributed by atoms with Gasteiger partial charge in [-0.3, -0.25) is 4.57 Å². The fraction of sp³-hybridized carbons (Fsp3) is 0.217. The fourth-order valence-corrected chi connectivity index (χ4v) is 4.76. The van der Waals surface area contributed by atoms with Crippen molar-refractivity contribution in [3.05, 3.63) is 65.9 Å². The van der Waals surface area contributed by atoms with E-state index in [0.29, 0.717) is 27.9 Å². The lowest BCUT2D eigenvalue weighted by molar-refractivity contribution is -0.147. The SMILES string of the molecule is CCc1cnc2c(c1)c(C#N)c(-c1ccc(S(=O)(=O)N[C@@H](C)C(F)(F)F)cc1)n2C1=CC=C1. The molecule has 33 heavy (non-hydrogen) atoms. The molecule has 10 heteroatoms. The largest absolute Gasteiger partial charge is 0.404 e. The van der Waals surface area contributed by atoms with Gasteiger partial charge >= 0.3 is 6.18 Å². The molecule has 1 N–H and O–H groups in total. The quantitative estimate of drug-likeness (QED) is 0.560. The molecule has 0 aliphatic heterocycles. The van der Waals surface area contributed by atoms with Crippen LogP contribution in [0.2, 0.25) is 0 Å². The summed E-state index contributed by atoms with van der Waals surface area (Å²) in [5.74, 6) is 0. The molecule has 1 aliphatic carbocycles. The second-order valence-corrected chi connectivity index (χ2v) is 9.31. The molecule has 0 bridgehead atoms. The number of hydrogen-bond acceptors (Lipinski definition) is 4. The molecule has 2 heterocycles. The zero-order valence-electron chi connectivity index (χ0n) is 17.7. The lowest BCUT2D eigenvalue weighted by atomic mass is 10.1. The molecule has 1 aliphatic rings. The first-order valence-corrected chi connectivity index (χ1v) is 11.6. The van der Waals surface area contributed by atoms with E-state index in [1.54, 1.807) is 10.9 Å². The number of nitrogens with zero attached hydrogens (tertiary/aromatic N) is 3. The van der Waals surface area contributed by atoms with Gasteiger partial charge in [-0.1, -0.05) is 25.1 Å². The molecule has 2 aromatic heterocycles. The van der Waals surface area contributed by atoms with Crippen LogP contribution in [0.1, 0.15) is 25.0 Å². The predicted octanol–water partition coefficient (Wildman–Crippen LogP) is 4.78. The third-order valence-corrected chi connectivity index (χ3v) is 6.99. The van der Waals surface area contributed by atoms with Gasteiger partial charge in [0.2, 0.25) is 10.0 Å². The van der Waals surface area contributed by atoms with Crippen LogP contribution in [0.25, 0.3) is 28.0 Å². The van der Waals surface area contributed by atoms with E-state index in [4.69, 9.17) is 0 Å². The average molecular weight is 472 g/mol. The van der Waals surface area contributed by atoms with E-state index in [1.807, 2.05) is 35.8 Å². The summed E-state index contributed by atoms with van der Waals surface area (Å²) in [4.78, 5) is 4.24. The second kappa shape index (κ2) is 8.17. The summed E-state index contributed by atoms with van der Waals surface area (Å²) in [5, 5.41) is 10.6. The van der Waals surface area contributed by atoms with Gasteiger partial charge in [-0.25, -0.2) is 13.4 Å². The Morgan fingerprint density at radius 3 is 2.42 bits per heavy atom. The summed E-state index contributed by atoms with van der Waals surface area (Å²) in [6, 6.07) is 7.30. The van der Waals surface area contributed by atoms with Gasteiger partial charge < -0.3 is 0 Å². The van der Waals surface area contributed by atoms with Crippen molar-refractivity contribution in [1.82, 2.24) is 14.3 Å². The lowest BCUT2D eigenvalue weighted by Crippen LogP contribution is -2.42. The van der Waals surface area contributed by atoms with Crippen LogP contribution in [0.3, 0.4) is 0 Å². The number of allylic oxidation sites excluding steroid dienone is 4. The first kappa shape index (κ1) is 22.8. The topological polar surface area (TPSA) is 87.8 Å². The van der Waals surface area contributed by atoms with Crippen LogP contribution in [-0.4, -0.2) is 30.2 Å². The van der Waals surface area contributed by atoms with Crippen molar-refractivity contribution in [2.24, 2.45) is 0 Å². The van der Waals surface area contributed by atoms with Crippen molar-refractivity contribution < 1.29 is 21.6 Å². The fourth-order valence-electron chi connectivity index (χ4n) is 3.53. The molecule has 0 saturated carbocycles. The van der Waals surface area contributed by atoms with Crippen molar-refractivity contribution in [2.75, 3.05) is 0 Å². The summed E-state index contributed by atoms with van der Waals surface area (Å²) < 4.78 is 66.7. The summed E-state index contributed by atoms with van der Waals surface area (Å²) in [5.41, 5.74) is 3.81. The maximum Gasteiger partial charge on any atom is 0.404 e. The number of pyridine rings is 1. The Hall–Kier alpha value is -3.42. The summed E-state index contributed by atoms with van der Waals surface area (Å²) in [6.07, 6.45) is 3.36. The number of sulfonamides is 1. The van der Waals surface area contributed by atoms with Gasteiger partial charge in [-0.2, -0.15) is 23.2 Å². The first-order valence-electron chi connectivity index (χ1n) is 10.1. The molecule has 0 unspecified atom stereocenters. The molecular weight excluding hydrogens is 453 g/mol. The van der Waals surface area contributed by atoms with Crippen LogP contribution in [0.15, 0.2) is 59.7 Å². The summed E-state index contributed by atoms with van der Waals surface area (Å²) in [7, 11) is -4.39. The Kier molecular flexibility index (Phi) is 5.64. The first-order chi connectivity index (χ1) is 15.6. The summed E-state index contributed by atoms with van der Waals surface area (Å²) >= 11 is 0. The molecule has 3 aromatic rings. The standard InChI is InChI=1S/C23H19F3N4O2S/c1-3-15-11-19-20(12-27)21(30(17-5-4-6-17)22(19)28-13-15)16-7-9-18(10-8-16)33(31,32)29-14(2)23(24,25)26/h4-11,13-14,29H,3H2,1-2H3/t14-/m0/s1. The van der Waals surface area contributed by atoms with Crippen molar-refractivity contribution in [3.8, 4) is 17.3 Å². The molecule has 1 aromatic carbocycles. The zero-order valence-corrected chi connectivity index (χ0v) is 18.5. The monoisotopic (exact) mass is 472 g/mol. The zero-order chi connectivity index (χ0) is 24.0. The minimum atomic E-state index is -4.70. The third kappa shape index (κ3) is 4.05. The predicted molar refractivity (Wildman–Crippen MR) is 119 cm³/mol. The molecule has 4 rings (SSSR count). The maximum absolute atomic E-state index is 12.8. The Morgan fingerprint density at radius 1 is 1.24 bits per heavy atom. The van der Waals surface area contributed by atoms with Crippen LogP contribution in [0.5, 0.6) is 0 Å². The molecule has 6 nitrogen and oxygen atoms in total. The van der Waals surface area contributed by atoms with Crippen LogP contribution in [-0.2, 0) is 16.4 Å².